The molecule has 1 aromatic carbocycles. The van der Waals surface area contributed by atoms with E-state index in [4.69, 9.17) is 4.74 Å². The number of nitrogens with one attached hydrogen (secondary N) is 1. The maximum Gasteiger partial charge on any atom is 0.213 e. The summed E-state index contributed by atoms with van der Waals surface area (Å²) in [5.41, 5.74) is 1.24. The fraction of sp³-hybridized carbons (Fsp3) is 0.727. The van der Waals surface area contributed by atoms with Crippen LogP contribution >= 0.6 is 0 Å². The molecular weight excluding hydrogens is 372 g/mol. The quantitative estimate of drug-likeness (QED) is 0.653. The van der Waals surface area contributed by atoms with Gasteiger partial charge in [0.25, 0.3) is 0 Å². The van der Waals surface area contributed by atoms with Gasteiger partial charge < -0.3 is 4.74 Å². The van der Waals surface area contributed by atoms with Crippen molar-refractivity contribution in [3.05, 3.63) is 29.8 Å². The lowest BCUT2D eigenvalue weighted by molar-refractivity contribution is 0.0259. The third-order valence-corrected chi connectivity index (χ3v) is 6.67. The van der Waals surface area contributed by atoms with Gasteiger partial charge in [-0.25, -0.2) is 13.1 Å². The number of sulfonamides is 1. The molecule has 0 aliphatic heterocycles. The molecule has 1 N–H and O–H groups in total. The molecule has 1 rings (SSSR count). The van der Waals surface area contributed by atoms with Crippen LogP contribution in [0.1, 0.15) is 73.8 Å². The highest BCUT2D eigenvalue weighted by Gasteiger charge is 2.31. The van der Waals surface area contributed by atoms with E-state index in [-0.39, 0.29) is 17.0 Å². The van der Waals surface area contributed by atoms with Crippen LogP contribution in [0.15, 0.2) is 24.3 Å². The summed E-state index contributed by atoms with van der Waals surface area (Å²) in [6, 6.07) is 7.94. The number of nitrogens with zero attached hydrogens (tertiary/aromatic N) is 1. The van der Waals surface area contributed by atoms with Gasteiger partial charge in [0.2, 0.25) is 10.0 Å². The molecule has 0 amide bonds. The standard InChI is InChI=1S/C22H40N2O3S/c1-17(2)28(25,26)23-16-18(3)19-10-12-20(13-11-19)27-15-14-24(21(4,5)6)22(7,8)9/h10-13,17-18,23H,14-16H2,1-9H3. The van der Waals surface area contributed by atoms with Crippen LogP contribution < -0.4 is 9.46 Å². The molecule has 0 aliphatic rings. The molecule has 0 spiro atoms. The summed E-state index contributed by atoms with van der Waals surface area (Å²) in [6.07, 6.45) is 0. The topological polar surface area (TPSA) is 58.6 Å². The number of rotatable bonds is 9. The van der Waals surface area contributed by atoms with Crippen molar-refractivity contribution >= 4 is 10.0 Å². The van der Waals surface area contributed by atoms with Gasteiger partial charge in [-0.1, -0.05) is 19.1 Å². The summed E-state index contributed by atoms with van der Waals surface area (Å²) in [4.78, 5) is 2.44. The van der Waals surface area contributed by atoms with E-state index in [1.807, 2.05) is 31.2 Å². The van der Waals surface area contributed by atoms with Crippen molar-refractivity contribution in [2.75, 3.05) is 19.7 Å². The maximum absolute atomic E-state index is 11.9. The number of ether oxygens (including phenoxy) is 1. The average Bonchev–Trinajstić information content (AvgIpc) is 2.54. The highest BCUT2D eigenvalue weighted by molar-refractivity contribution is 7.90. The summed E-state index contributed by atoms with van der Waals surface area (Å²) in [5.74, 6) is 0.932. The fourth-order valence-electron chi connectivity index (χ4n) is 3.35. The third kappa shape index (κ3) is 7.72. The Morgan fingerprint density at radius 2 is 1.46 bits per heavy atom. The summed E-state index contributed by atoms with van der Waals surface area (Å²) in [7, 11) is -3.23. The zero-order chi connectivity index (χ0) is 21.8. The lowest BCUT2D eigenvalue weighted by Gasteiger charge is -2.45. The van der Waals surface area contributed by atoms with Crippen LogP contribution in [0.25, 0.3) is 0 Å². The third-order valence-electron chi connectivity index (χ3n) is 4.86. The molecular formula is C22H40N2O3S. The average molecular weight is 413 g/mol. The molecule has 1 aromatic rings. The van der Waals surface area contributed by atoms with E-state index in [0.717, 1.165) is 17.9 Å². The highest BCUT2D eigenvalue weighted by atomic mass is 32.2. The molecule has 0 radical (unpaired) electrons. The number of hydrogen-bond donors (Lipinski definition) is 1. The van der Waals surface area contributed by atoms with Crippen molar-refractivity contribution < 1.29 is 13.2 Å². The molecule has 0 aromatic heterocycles. The largest absolute Gasteiger partial charge is 0.492 e. The molecule has 1 unspecified atom stereocenters. The van der Waals surface area contributed by atoms with Gasteiger partial charge in [-0.05, 0) is 79.0 Å². The van der Waals surface area contributed by atoms with E-state index in [2.05, 4.69) is 51.2 Å². The van der Waals surface area contributed by atoms with Crippen molar-refractivity contribution in [1.82, 2.24) is 9.62 Å². The van der Waals surface area contributed by atoms with E-state index in [0.29, 0.717) is 13.2 Å². The smallest absolute Gasteiger partial charge is 0.213 e. The first kappa shape index (κ1) is 24.9. The summed E-state index contributed by atoms with van der Waals surface area (Å²) >= 11 is 0. The van der Waals surface area contributed by atoms with Crippen LogP contribution in [0.2, 0.25) is 0 Å². The van der Waals surface area contributed by atoms with Crippen molar-refractivity contribution in [2.24, 2.45) is 0 Å². The molecule has 0 aliphatic carbocycles. The minimum atomic E-state index is -3.23. The molecule has 0 heterocycles. The zero-order valence-corrected chi connectivity index (χ0v) is 20.0. The van der Waals surface area contributed by atoms with Gasteiger partial charge in [-0.15, -0.1) is 0 Å². The van der Waals surface area contributed by atoms with Gasteiger partial charge in [-0.3, -0.25) is 4.90 Å². The molecule has 0 saturated carbocycles. The Morgan fingerprint density at radius 1 is 0.964 bits per heavy atom. The van der Waals surface area contributed by atoms with E-state index >= 15 is 0 Å². The van der Waals surface area contributed by atoms with Gasteiger partial charge in [0.1, 0.15) is 12.4 Å². The highest BCUT2D eigenvalue weighted by Crippen LogP contribution is 2.24. The first-order chi connectivity index (χ1) is 12.6. The first-order valence-corrected chi connectivity index (χ1v) is 11.7. The molecule has 1 atom stereocenters. The zero-order valence-electron chi connectivity index (χ0n) is 19.2. The van der Waals surface area contributed by atoms with Crippen molar-refractivity contribution in [2.45, 2.75) is 84.6 Å². The van der Waals surface area contributed by atoms with Crippen LogP contribution in [-0.4, -0.2) is 49.3 Å². The van der Waals surface area contributed by atoms with E-state index in [9.17, 15) is 8.42 Å². The van der Waals surface area contributed by atoms with Crippen LogP contribution in [-0.2, 0) is 10.0 Å². The van der Waals surface area contributed by atoms with Crippen LogP contribution in [0.5, 0.6) is 5.75 Å². The molecule has 0 saturated heterocycles. The maximum atomic E-state index is 11.9. The van der Waals surface area contributed by atoms with Gasteiger partial charge in [0, 0.05) is 24.2 Å². The van der Waals surface area contributed by atoms with E-state index in [1.54, 1.807) is 13.8 Å². The van der Waals surface area contributed by atoms with Crippen molar-refractivity contribution in [3.63, 3.8) is 0 Å². The molecule has 0 fully saturated rings. The summed E-state index contributed by atoms with van der Waals surface area (Å²) < 4.78 is 32.4. The van der Waals surface area contributed by atoms with Crippen LogP contribution in [0.4, 0.5) is 0 Å². The molecule has 28 heavy (non-hydrogen) atoms. The van der Waals surface area contributed by atoms with Gasteiger partial charge in [-0.2, -0.15) is 0 Å². The Balaban J connectivity index is 2.61. The predicted molar refractivity (Wildman–Crippen MR) is 119 cm³/mol. The predicted octanol–water partition coefficient (Wildman–Crippen LogP) is 4.40. The lowest BCUT2D eigenvalue weighted by Crippen LogP contribution is -2.53. The Labute approximate surface area is 172 Å². The second-order valence-electron chi connectivity index (χ2n) is 9.75. The van der Waals surface area contributed by atoms with Gasteiger partial charge >= 0.3 is 0 Å². The second-order valence-corrected chi connectivity index (χ2v) is 12.1. The molecule has 0 bridgehead atoms. The monoisotopic (exact) mass is 412 g/mol. The first-order valence-electron chi connectivity index (χ1n) is 10.1. The van der Waals surface area contributed by atoms with Gasteiger partial charge in [0.15, 0.2) is 0 Å². The second kappa shape index (κ2) is 9.59. The Morgan fingerprint density at radius 3 is 1.89 bits per heavy atom. The Bertz CT molecular complexity index is 685. The molecule has 162 valence electrons. The van der Waals surface area contributed by atoms with Crippen molar-refractivity contribution in [3.8, 4) is 5.75 Å². The van der Waals surface area contributed by atoms with Gasteiger partial charge in [0.05, 0.1) is 5.25 Å². The fourth-order valence-corrected chi connectivity index (χ4v) is 4.17. The van der Waals surface area contributed by atoms with Crippen LogP contribution in [0.3, 0.4) is 0 Å². The lowest BCUT2D eigenvalue weighted by atomic mass is 9.96. The normalized spacial score (nSPS) is 14.5. The Hall–Kier alpha value is -1.11. The SMILES string of the molecule is CC(CNS(=O)(=O)C(C)C)c1ccc(OCCN(C(C)(C)C)C(C)(C)C)cc1. The molecule has 6 heteroatoms. The van der Waals surface area contributed by atoms with Crippen molar-refractivity contribution in [1.29, 1.82) is 0 Å². The van der Waals surface area contributed by atoms with E-state index < -0.39 is 15.3 Å². The minimum absolute atomic E-state index is 0.0736. The summed E-state index contributed by atoms with van der Waals surface area (Å²) in [6.45, 7) is 20.6. The van der Waals surface area contributed by atoms with E-state index in [1.165, 1.54) is 0 Å². The Kier molecular flexibility index (Phi) is 8.54. The number of hydrogen-bond acceptors (Lipinski definition) is 4. The number of benzene rings is 1. The minimum Gasteiger partial charge on any atom is -0.492 e. The van der Waals surface area contributed by atoms with Crippen LogP contribution in [0, 0.1) is 0 Å². The summed E-state index contributed by atoms with van der Waals surface area (Å²) in [5, 5.41) is -0.420. The molecule has 5 nitrogen and oxygen atoms in total.